The van der Waals surface area contributed by atoms with Gasteiger partial charge in [-0.15, -0.1) is 0 Å². The fraction of sp³-hybridized carbons (Fsp3) is 0.364. The van der Waals surface area contributed by atoms with E-state index in [0.717, 1.165) is 32.2 Å². The van der Waals surface area contributed by atoms with Gasteiger partial charge in [0.1, 0.15) is 0 Å². The number of aromatic amines is 1. The monoisotopic (exact) mass is 320 g/mol. The first-order valence-corrected chi connectivity index (χ1v) is 9.05. The molecule has 0 spiro atoms. The number of aryl methyl sites for hydroxylation is 4. The second kappa shape index (κ2) is 7.23. The van der Waals surface area contributed by atoms with Gasteiger partial charge in [0.25, 0.3) is 0 Å². The number of aromatic nitrogens is 1. The highest BCUT2D eigenvalue weighted by Gasteiger charge is 2.14. The third-order valence-electron chi connectivity index (χ3n) is 4.89. The Morgan fingerprint density at radius 2 is 1.75 bits per heavy atom. The summed E-state index contributed by atoms with van der Waals surface area (Å²) in [6, 6.07) is 13.6. The second-order valence-electron chi connectivity index (χ2n) is 6.78. The van der Waals surface area contributed by atoms with Crippen LogP contribution in [0.2, 0.25) is 0 Å². The van der Waals surface area contributed by atoms with Crippen molar-refractivity contribution in [3.8, 4) is 11.3 Å². The number of H-pyrrole nitrogens is 1. The van der Waals surface area contributed by atoms with Crippen molar-refractivity contribution in [2.45, 2.75) is 46.5 Å². The number of nitrogens with two attached hydrogens (primary N) is 1. The number of rotatable bonds is 6. The normalized spacial score (nSPS) is 11.3. The number of benzene rings is 2. The second-order valence-corrected chi connectivity index (χ2v) is 6.78. The Hall–Kier alpha value is -2.06. The van der Waals surface area contributed by atoms with E-state index in [0.29, 0.717) is 0 Å². The molecule has 24 heavy (non-hydrogen) atoms. The fourth-order valence-electron chi connectivity index (χ4n) is 3.57. The summed E-state index contributed by atoms with van der Waals surface area (Å²) in [6.07, 6.45) is 4.36. The van der Waals surface area contributed by atoms with Gasteiger partial charge >= 0.3 is 0 Å². The van der Waals surface area contributed by atoms with Crippen LogP contribution in [0.5, 0.6) is 0 Å². The lowest BCUT2D eigenvalue weighted by Gasteiger charge is -2.06. The molecule has 0 saturated heterocycles. The maximum atomic E-state index is 5.70. The number of hydrogen-bond acceptors (Lipinski definition) is 1. The van der Waals surface area contributed by atoms with Gasteiger partial charge < -0.3 is 10.7 Å². The first-order valence-electron chi connectivity index (χ1n) is 9.05. The zero-order valence-corrected chi connectivity index (χ0v) is 15.1. The zero-order valence-electron chi connectivity index (χ0n) is 15.1. The highest BCUT2D eigenvalue weighted by molar-refractivity contribution is 5.93. The van der Waals surface area contributed by atoms with E-state index in [1.807, 2.05) is 0 Å². The molecule has 0 aliphatic rings. The summed E-state index contributed by atoms with van der Waals surface area (Å²) in [4.78, 5) is 3.71. The van der Waals surface area contributed by atoms with Gasteiger partial charge in [-0.05, 0) is 74.4 Å². The summed E-state index contributed by atoms with van der Waals surface area (Å²) in [5.41, 5.74) is 15.0. The average molecular weight is 320 g/mol. The smallest absolute Gasteiger partial charge is 0.0497 e. The van der Waals surface area contributed by atoms with Gasteiger partial charge in [0.2, 0.25) is 0 Å². The van der Waals surface area contributed by atoms with E-state index < -0.39 is 0 Å². The van der Waals surface area contributed by atoms with E-state index in [2.05, 4.69) is 62.2 Å². The topological polar surface area (TPSA) is 41.8 Å². The molecule has 0 saturated carbocycles. The molecule has 3 N–H and O–H groups in total. The van der Waals surface area contributed by atoms with Gasteiger partial charge in [-0.3, -0.25) is 0 Å². The molecule has 2 nitrogen and oxygen atoms in total. The third kappa shape index (κ3) is 3.25. The summed E-state index contributed by atoms with van der Waals surface area (Å²) >= 11 is 0. The number of fused-ring (bicyclic) bond motifs is 1. The Labute approximate surface area is 145 Å². The number of hydrogen-bond donors (Lipinski definition) is 2. The van der Waals surface area contributed by atoms with Crippen molar-refractivity contribution in [1.29, 1.82) is 0 Å². The Balaban J connectivity index is 2.13. The molecule has 0 atom stereocenters. The molecule has 0 fully saturated rings. The zero-order chi connectivity index (χ0) is 17.1. The number of unbranched alkanes of at least 4 members (excludes halogenated alkanes) is 1. The van der Waals surface area contributed by atoms with Crippen LogP contribution in [0.4, 0.5) is 0 Å². The van der Waals surface area contributed by atoms with E-state index in [1.165, 1.54) is 44.4 Å². The molecule has 2 heteroatoms. The van der Waals surface area contributed by atoms with Crippen LogP contribution >= 0.6 is 0 Å². The van der Waals surface area contributed by atoms with Crippen LogP contribution in [0.25, 0.3) is 22.2 Å². The van der Waals surface area contributed by atoms with Crippen molar-refractivity contribution < 1.29 is 0 Å². The van der Waals surface area contributed by atoms with Crippen molar-refractivity contribution >= 4 is 10.9 Å². The summed E-state index contributed by atoms with van der Waals surface area (Å²) in [7, 11) is 0. The van der Waals surface area contributed by atoms with Crippen LogP contribution in [-0.2, 0) is 12.8 Å². The largest absolute Gasteiger partial charge is 0.354 e. The van der Waals surface area contributed by atoms with Crippen molar-refractivity contribution in [2.24, 2.45) is 5.73 Å². The molecule has 0 aliphatic heterocycles. The van der Waals surface area contributed by atoms with E-state index in [1.54, 1.807) is 0 Å². The van der Waals surface area contributed by atoms with E-state index in [-0.39, 0.29) is 0 Å². The van der Waals surface area contributed by atoms with Gasteiger partial charge in [-0.25, -0.2) is 0 Å². The fourth-order valence-corrected chi connectivity index (χ4v) is 3.57. The summed E-state index contributed by atoms with van der Waals surface area (Å²) in [6.45, 7) is 7.33. The van der Waals surface area contributed by atoms with Crippen LogP contribution in [-0.4, -0.2) is 11.5 Å². The number of nitrogens with one attached hydrogen (secondary N) is 1. The highest BCUT2D eigenvalue weighted by atomic mass is 14.7. The summed E-state index contributed by atoms with van der Waals surface area (Å²) < 4.78 is 0. The minimum atomic E-state index is 0.765. The maximum absolute atomic E-state index is 5.70. The molecular formula is C22H28N2. The van der Waals surface area contributed by atoms with Crippen LogP contribution in [0.1, 0.15) is 42.0 Å². The maximum Gasteiger partial charge on any atom is 0.0497 e. The van der Waals surface area contributed by atoms with Gasteiger partial charge in [0.05, 0.1) is 0 Å². The minimum absolute atomic E-state index is 0.765. The molecule has 1 heterocycles. The molecule has 3 rings (SSSR count). The van der Waals surface area contributed by atoms with E-state index in [9.17, 15) is 0 Å². The van der Waals surface area contributed by atoms with Crippen LogP contribution in [0.15, 0.2) is 36.4 Å². The van der Waals surface area contributed by atoms with Gasteiger partial charge in [-0.1, -0.05) is 42.8 Å². The van der Waals surface area contributed by atoms with Crippen molar-refractivity contribution in [3.63, 3.8) is 0 Å². The SMILES string of the molecule is CCc1ccc(-c2[nH]c3c(C)cc(C)cc3c2CCCCN)cc1. The molecule has 0 bridgehead atoms. The quantitative estimate of drug-likeness (QED) is 0.595. The molecule has 0 amide bonds. The summed E-state index contributed by atoms with van der Waals surface area (Å²) in [5, 5.41) is 1.37. The van der Waals surface area contributed by atoms with Gasteiger partial charge in [0.15, 0.2) is 0 Å². The minimum Gasteiger partial charge on any atom is -0.354 e. The molecular weight excluding hydrogens is 292 g/mol. The van der Waals surface area contributed by atoms with Crippen molar-refractivity contribution in [1.82, 2.24) is 4.98 Å². The van der Waals surface area contributed by atoms with Crippen molar-refractivity contribution in [2.75, 3.05) is 6.54 Å². The summed E-state index contributed by atoms with van der Waals surface area (Å²) in [5.74, 6) is 0. The van der Waals surface area contributed by atoms with Crippen LogP contribution in [0, 0.1) is 13.8 Å². The highest BCUT2D eigenvalue weighted by Crippen LogP contribution is 2.34. The Morgan fingerprint density at radius 1 is 1.00 bits per heavy atom. The molecule has 0 aliphatic carbocycles. The Bertz CT molecular complexity index is 825. The standard InChI is InChI=1S/C22H28N2/c1-4-17-8-10-18(11-9-17)22-19(7-5-6-12-23)20-14-15(2)13-16(3)21(20)24-22/h8-11,13-14,24H,4-7,12,23H2,1-3H3. The van der Waals surface area contributed by atoms with Crippen LogP contribution in [0.3, 0.4) is 0 Å². The van der Waals surface area contributed by atoms with Gasteiger partial charge in [0, 0.05) is 16.6 Å². The Kier molecular flexibility index (Phi) is 5.06. The Morgan fingerprint density at radius 3 is 2.42 bits per heavy atom. The predicted molar refractivity (Wildman–Crippen MR) is 105 cm³/mol. The first kappa shape index (κ1) is 16.8. The lowest BCUT2D eigenvalue weighted by Crippen LogP contribution is -1.99. The predicted octanol–water partition coefficient (Wildman–Crippen LogP) is 5.30. The average Bonchev–Trinajstić information content (AvgIpc) is 2.94. The van der Waals surface area contributed by atoms with E-state index >= 15 is 0 Å². The first-order chi connectivity index (χ1) is 11.6. The van der Waals surface area contributed by atoms with Crippen molar-refractivity contribution in [3.05, 3.63) is 58.7 Å². The molecule has 3 aromatic rings. The molecule has 2 aromatic carbocycles. The molecule has 0 unspecified atom stereocenters. The molecule has 1 aromatic heterocycles. The molecule has 0 radical (unpaired) electrons. The lowest BCUT2D eigenvalue weighted by atomic mass is 9.98. The van der Waals surface area contributed by atoms with Gasteiger partial charge in [-0.2, -0.15) is 0 Å². The third-order valence-corrected chi connectivity index (χ3v) is 4.89. The molecule has 126 valence electrons. The van der Waals surface area contributed by atoms with E-state index in [4.69, 9.17) is 5.73 Å². The van der Waals surface area contributed by atoms with Crippen LogP contribution < -0.4 is 5.73 Å². The lowest BCUT2D eigenvalue weighted by molar-refractivity contribution is 0.748.